The Morgan fingerprint density at radius 3 is 2.61 bits per heavy atom. The molecule has 28 heavy (non-hydrogen) atoms. The second-order valence-electron chi connectivity index (χ2n) is 6.79. The molecule has 0 atom stereocenters. The van der Waals surface area contributed by atoms with E-state index in [0.29, 0.717) is 16.7 Å². The number of piperidine rings is 1. The molecule has 0 unspecified atom stereocenters. The fourth-order valence-corrected chi connectivity index (χ4v) is 4.22. The maximum atomic E-state index is 6.08. The summed E-state index contributed by atoms with van der Waals surface area (Å²) >= 11 is 7.63. The van der Waals surface area contributed by atoms with Gasteiger partial charge in [0.1, 0.15) is 0 Å². The Labute approximate surface area is 173 Å². The van der Waals surface area contributed by atoms with Gasteiger partial charge in [0.05, 0.1) is 12.3 Å². The van der Waals surface area contributed by atoms with Crippen LogP contribution >= 0.6 is 23.4 Å². The number of rotatable bonds is 7. The minimum Gasteiger partial charge on any atom is -0.338 e. The maximum Gasteiger partial charge on any atom is 0.237 e. The summed E-state index contributed by atoms with van der Waals surface area (Å²) in [4.78, 5) is 6.82. The molecule has 1 saturated heterocycles. The molecule has 1 aliphatic heterocycles. The standard InChI is InChI=1S/C19H23ClN6OS/c1-2-16-21-18(27-24-16)13-28-19-23-22-17(12-25-10-4-3-5-11-25)26(19)15-8-6-14(20)7-9-15/h6-9H,2-5,10-13H2,1H3. The number of hydrogen-bond acceptors (Lipinski definition) is 7. The number of halogens is 1. The van der Waals surface area contributed by atoms with Crippen LogP contribution in [0.3, 0.4) is 0 Å². The monoisotopic (exact) mass is 418 g/mol. The van der Waals surface area contributed by atoms with Crippen LogP contribution in [0.4, 0.5) is 0 Å². The Hall–Kier alpha value is -1.90. The van der Waals surface area contributed by atoms with Gasteiger partial charge in [0.15, 0.2) is 16.8 Å². The van der Waals surface area contributed by atoms with Gasteiger partial charge in [-0.3, -0.25) is 9.47 Å². The normalized spacial score (nSPS) is 15.2. The number of nitrogens with zero attached hydrogens (tertiary/aromatic N) is 6. The predicted molar refractivity (Wildman–Crippen MR) is 109 cm³/mol. The molecule has 2 aromatic heterocycles. The molecular formula is C19H23ClN6OS. The third-order valence-electron chi connectivity index (χ3n) is 4.75. The minimum atomic E-state index is 0.558. The molecule has 9 heteroatoms. The van der Waals surface area contributed by atoms with Crippen LogP contribution < -0.4 is 0 Å². The molecule has 0 radical (unpaired) electrons. The van der Waals surface area contributed by atoms with Crippen LogP contribution in [0.1, 0.15) is 43.7 Å². The summed E-state index contributed by atoms with van der Waals surface area (Å²) in [7, 11) is 0. The number of thioether (sulfide) groups is 1. The zero-order valence-electron chi connectivity index (χ0n) is 15.8. The van der Waals surface area contributed by atoms with E-state index in [9.17, 15) is 0 Å². The molecule has 0 amide bonds. The fraction of sp³-hybridized carbons (Fsp3) is 0.474. The van der Waals surface area contributed by atoms with Crippen LogP contribution in [0.15, 0.2) is 33.9 Å². The van der Waals surface area contributed by atoms with Gasteiger partial charge in [0.2, 0.25) is 5.89 Å². The molecule has 3 aromatic rings. The zero-order chi connectivity index (χ0) is 19.3. The highest BCUT2D eigenvalue weighted by molar-refractivity contribution is 7.98. The second-order valence-corrected chi connectivity index (χ2v) is 8.17. The van der Waals surface area contributed by atoms with Gasteiger partial charge in [0, 0.05) is 17.1 Å². The van der Waals surface area contributed by atoms with Crippen molar-refractivity contribution in [2.45, 2.75) is 50.1 Å². The summed E-state index contributed by atoms with van der Waals surface area (Å²) in [5.74, 6) is 2.82. The van der Waals surface area contributed by atoms with E-state index in [4.69, 9.17) is 16.1 Å². The number of hydrogen-bond donors (Lipinski definition) is 0. The highest BCUT2D eigenvalue weighted by Gasteiger charge is 2.19. The van der Waals surface area contributed by atoms with Crippen molar-refractivity contribution in [1.82, 2.24) is 29.8 Å². The Balaban J connectivity index is 1.58. The van der Waals surface area contributed by atoms with E-state index in [0.717, 1.165) is 48.5 Å². The molecule has 0 bridgehead atoms. The molecule has 0 saturated carbocycles. The molecule has 0 spiro atoms. The first-order chi connectivity index (χ1) is 13.7. The average Bonchev–Trinajstić information content (AvgIpc) is 3.35. The lowest BCUT2D eigenvalue weighted by Crippen LogP contribution is -2.30. The highest BCUT2D eigenvalue weighted by Crippen LogP contribution is 2.26. The van der Waals surface area contributed by atoms with Crippen molar-refractivity contribution in [2.24, 2.45) is 0 Å². The first kappa shape index (κ1) is 19.4. The largest absolute Gasteiger partial charge is 0.338 e. The molecule has 1 fully saturated rings. The molecule has 0 N–H and O–H groups in total. The third kappa shape index (κ3) is 4.56. The molecule has 3 heterocycles. The van der Waals surface area contributed by atoms with E-state index in [1.165, 1.54) is 19.3 Å². The van der Waals surface area contributed by atoms with Crippen molar-refractivity contribution in [3.63, 3.8) is 0 Å². The van der Waals surface area contributed by atoms with E-state index >= 15 is 0 Å². The smallest absolute Gasteiger partial charge is 0.237 e. The molecule has 7 nitrogen and oxygen atoms in total. The Morgan fingerprint density at radius 1 is 1.11 bits per heavy atom. The third-order valence-corrected chi connectivity index (χ3v) is 5.92. The lowest BCUT2D eigenvalue weighted by molar-refractivity contribution is 0.214. The van der Waals surface area contributed by atoms with E-state index in [-0.39, 0.29) is 0 Å². The topological polar surface area (TPSA) is 72.9 Å². The van der Waals surface area contributed by atoms with Crippen molar-refractivity contribution < 1.29 is 4.52 Å². The molecule has 1 aliphatic rings. The van der Waals surface area contributed by atoms with Crippen molar-refractivity contribution in [2.75, 3.05) is 13.1 Å². The molecule has 4 rings (SSSR count). The van der Waals surface area contributed by atoms with Crippen molar-refractivity contribution >= 4 is 23.4 Å². The molecule has 0 aliphatic carbocycles. The predicted octanol–water partition coefficient (Wildman–Crippen LogP) is 4.14. The molecule has 1 aromatic carbocycles. The number of aryl methyl sites for hydroxylation is 1. The maximum absolute atomic E-state index is 6.08. The lowest BCUT2D eigenvalue weighted by Gasteiger charge is -2.26. The summed E-state index contributed by atoms with van der Waals surface area (Å²) in [6, 6.07) is 7.78. The molecular weight excluding hydrogens is 396 g/mol. The van der Waals surface area contributed by atoms with Crippen LogP contribution in [-0.4, -0.2) is 42.9 Å². The van der Waals surface area contributed by atoms with Gasteiger partial charge in [0.25, 0.3) is 0 Å². The minimum absolute atomic E-state index is 0.558. The number of benzene rings is 1. The molecule has 148 valence electrons. The zero-order valence-corrected chi connectivity index (χ0v) is 17.4. The van der Waals surface area contributed by atoms with E-state index in [1.54, 1.807) is 11.8 Å². The van der Waals surface area contributed by atoms with E-state index in [1.807, 2.05) is 31.2 Å². The van der Waals surface area contributed by atoms with Crippen molar-refractivity contribution in [1.29, 1.82) is 0 Å². The number of likely N-dealkylation sites (tertiary alicyclic amines) is 1. The van der Waals surface area contributed by atoms with Crippen LogP contribution in [-0.2, 0) is 18.7 Å². The van der Waals surface area contributed by atoms with Crippen LogP contribution in [0, 0.1) is 0 Å². The van der Waals surface area contributed by atoms with Gasteiger partial charge in [-0.15, -0.1) is 10.2 Å². The Kier molecular flexibility index (Phi) is 6.29. The quantitative estimate of drug-likeness (QED) is 0.533. The highest BCUT2D eigenvalue weighted by atomic mass is 35.5. The van der Waals surface area contributed by atoms with Crippen LogP contribution in [0.25, 0.3) is 5.69 Å². The average molecular weight is 419 g/mol. The van der Waals surface area contributed by atoms with E-state index < -0.39 is 0 Å². The van der Waals surface area contributed by atoms with Gasteiger partial charge < -0.3 is 4.52 Å². The van der Waals surface area contributed by atoms with Crippen molar-refractivity contribution in [3.8, 4) is 5.69 Å². The Bertz CT molecular complexity index is 904. The van der Waals surface area contributed by atoms with Crippen LogP contribution in [0.2, 0.25) is 5.02 Å². The fourth-order valence-electron chi connectivity index (χ4n) is 3.28. The summed E-state index contributed by atoms with van der Waals surface area (Å²) in [6.45, 7) is 5.01. The van der Waals surface area contributed by atoms with E-state index in [2.05, 4.69) is 29.8 Å². The lowest BCUT2D eigenvalue weighted by atomic mass is 10.1. The summed E-state index contributed by atoms with van der Waals surface area (Å²) in [5.41, 5.74) is 1.00. The first-order valence-corrected chi connectivity index (χ1v) is 11.0. The SMILES string of the molecule is CCc1noc(CSc2nnc(CN3CCCCC3)n2-c2ccc(Cl)cc2)n1. The van der Waals surface area contributed by atoms with Gasteiger partial charge in [-0.05, 0) is 50.2 Å². The van der Waals surface area contributed by atoms with Crippen LogP contribution in [0.5, 0.6) is 0 Å². The first-order valence-electron chi connectivity index (χ1n) is 9.60. The van der Waals surface area contributed by atoms with Gasteiger partial charge >= 0.3 is 0 Å². The second kappa shape index (κ2) is 9.07. The number of aromatic nitrogens is 5. The summed E-state index contributed by atoms with van der Waals surface area (Å²) in [6.07, 6.45) is 4.56. The van der Waals surface area contributed by atoms with Gasteiger partial charge in [-0.25, -0.2) is 0 Å². The Morgan fingerprint density at radius 2 is 1.89 bits per heavy atom. The van der Waals surface area contributed by atoms with Gasteiger partial charge in [-0.1, -0.05) is 41.9 Å². The van der Waals surface area contributed by atoms with Gasteiger partial charge in [-0.2, -0.15) is 4.98 Å². The van der Waals surface area contributed by atoms with Crippen molar-refractivity contribution in [3.05, 3.63) is 46.8 Å². The summed E-state index contributed by atoms with van der Waals surface area (Å²) in [5, 5.41) is 14.4. The summed E-state index contributed by atoms with van der Waals surface area (Å²) < 4.78 is 7.41.